The highest BCUT2D eigenvalue weighted by Gasteiger charge is 2.10. The Hall–Kier alpha value is -1.38. The van der Waals surface area contributed by atoms with Gasteiger partial charge in [-0.1, -0.05) is 42.8 Å². The van der Waals surface area contributed by atoms with E-state index in [9.17, 15) is 0 Å². The largest absolute Gasteiger partial charge is 0.324 e. The van der Waals surface area contributed by atoms with Crippen molar-refractivity contribution in [3.63, 3.8) is 0 Å². The van der Waals surface area contributed by atoms with E-state index in [-0.39, 0.29) is 6.04 Å². The van der Waals surface area contributed by atoms with Crippen molar-refractivity contribution < 1.29 is 0 Å². The maximum Gasteiger partial charge on any atom is 0.0453 e. The summed E-state index contributed by atoms with van der Waals surface area (Å²) >= 11 is 6.13. The smallest absolute Gasteiger partial charge is 0.0453 e. The van der Waals surface area contributed by atoms with E-state index in [0.717, 1.165) is 22.7 Å². The molecule has 0 aliphatic carbocycles. The van der Waals surface area contributed by atoms with Crippen LogP contribution in [0.2, 0.25) is 5.02 Å². The first-order valence-corrected chi connectivity index (χ1v) is 6.52. The quantitative estimate of drug-likeness (QED) is 0.913. The minimum atomic E-state index is -0.112. The molecule has 0 fully saturated rings. The van der Waals surface area contributed by atoms with E-state index < -0.39 is 0 Å². The Morgan fingerprint density at radius 1 is 1.22 bits per heavy atom. The molecule has 0 aliphatic heterocycles. The topological polar surface area (TPSA) is 38.9 Å². The van der Waals surface area contributed by atoms with Crippen LogP contribution in [0.25, 0.3) is 0 Å². The van der Waals surface area contributed by atoms with Gasteiger partial charge in [-0.25, -0.2) is 0 Å². The van der Waals surface area contributed by atoms with E-state index in [1.165, 1.54) is 5.56 Å². The van der Waals surface area contributed by atoms with E-state index >= 15 is 0 Å². The standard InChI is InChI=1S/C15H17ClN2/c1-2-11-7-8-12(18-10-11)9-15(17)13-5-3-4-6-14(13)16/h3-8,10,15H,2,9,17H2,1H3. The predicted octanol–water partition coefficient (Wildman–Crippen LogP) is 3.54. The van der Waals surface area contributed by atoms with Gasteiger partial charge < -0.3 is 5.73 Å². The molecule has 0 amide bonds. The van der Waals surface area contributed by atoms with Crippen LogP contribution in [-0.4, -0.2) is 4.98 Å². The molecule has 3 heteroatoms. The first kappa shape index (κ1) is 13.1. The van der Waals surface area contributed by atoms with Crippen molar-refractivity contribution in [3.8, 4) is 0 Å². The van der Waals surface area contributed by atoms with E-state index in [1.807, 2.05) is 36.5 Å². The fourth-order valence-electron chi connectivity index (χ4n) is 1.90. The average Bonchev–Trinajstić information content (AvgIpc) is 2.40. The third-order valence-electron chi connectivity index (χ3n) is 3.03. The Kier molecular flexibility index (Phi) is 4.34. The van der Waals surface area contributed by atoms with Crippen molar-refractivity contribution in [2.75, 3.05) is 0 Å². The summed E-state index contributed by atoms with van der Waals surface area (Å²) in [7, 11) is 0. The second-order valence-electron chi connectivity index (χ2n) is 4.34. The molecule has 0 radical (unpaired) electrons. The molecule has 1 aromatic heterocycles. The minimum absolute atomic E-state index is 0.112. The lowest BCUT2D eigenvalue weighted by Crippen LogP contribution is -2.14. The van der Waals surface area contributed by atoms with Crippen molar-refractivity contribution in [1.29, 1.82) is 0 Å². The van der Waals surface area contributed by atoms with Crippen molar-refractivity contribution in [1.82, 2.24) is 4.98 Å². The molecule has 2 N–H and O–H groups in total. The summed E-state index contributed by atoms with van der Waals surface area (Å²) in [4.78, 5) is 4.42. The summed E-state index contributed by atoms with van der Waals surface area (Å²) in [5.74, 6) is 0. The van der Waals surface area contributed by atoms with Crippen LogP contribution >= 0.6 is 11.6 Å². The van der Waals surface area contributed by atoms with Gasteiger partial charge in [-0.3, -0.25) is 4.98 Å². The van der Waals surface area contributed by atoms with Gasteiger partial charge in [0.15, 0.2) is 0 Å². The maximum atomic E-state index is 6.17. The van der Waals surface area contributed by atoms with Crippen molar-refractivity contribution in [2.45, 2.75) is 25.8 Å². The molecule has 1 unspecified atom stereocenters. The summed E-state index contributed by atoms with van der Waals surface area (Å²) in [5.41, 5.74) is 9.39. The lowest BCUT2D eigenvalue weighted by molar-refractivity contribution is 0.706. The van der Waals surface area contributed by atoms with Gasteiger partial charge in [0.05, 0.1) is 0 Å². The highest BCUT2D eigenvalue weighted by atomic mass is 35.5. The summed E-state index contributed by atoms with van der Waals surface area (Å²) in [6.45, 7) is 2.12. The molecule has 2 aromatic rings. The van der Waals surface area contributed by atoms with E-state index in [0.29, 0.717) is 6.42 Å². The molecule has 0 saturated carbocycles. The molecule has 2 nitrogen and oxygen atoms in total. The minimum Gasteiger partial charge on any atom is -0.324 e. The van der Waals surface area contributed by atoms with Gasteiger partial charge in [-0.15, -0.1) is 0 Å². The first-order chi connectivity index (χ1) is 8.70. The summed E-state index contributed by atoms with van der Waals surface area (Å²) in [6, 6.07) is 11.7. The zero-order valence-corrected chi connectivity index (χ0v) is 11.2. The number of hydrogen-bond acceptors (Lipinski definition) is 2. The summed E-state index contributed by atoms with van der Waals surface area (Å²) in [5, 5.41) is 0.718. The molecule has 1 atom stereocenters. The number of aryl methyl sites for hydroxylation is 1. The second-order valence-corrected chi connectivity index (χ2v) is 4.75. The van der Waals surface area contributed by atoms with Gasteiger partial charge in [0.2, 0.25) is 0 Å². The molecule has 0 spiro atoms. The molecule has 2 rings (SSSR count). The Labute approximate surface area is 113 Å². The van der Waals surface area contributed by atoms with Crippen LogP contribution in [-0.2, 0) is 12.8 Å². The lowest BCUT2D eigenvalue weighted by atomic mass is 10.0. The fraction of sp³-hybridized carbons (Fsp3) is 0.267. The molecule has 1 heterocycles. The molecule has 94 valence electrons. The van der Waals surface area contributed by atoms with Crippen LogP contribution in [0.15, 0.2) is 42.6 Å². The zero-order chi connectivity index (χ0) is 13.0. The number of benzene rings is 1. The maximum absolute atomic E-state index is 6.17. The van der Waals surface area contributed by atoms with E-state index in [1.54, 1.807) is 0 Å². The highest BCUT2D eigenvalue weighted by Crippen LogP contribution is 2.23. The number of aromatic nitrogens is 1. The van der Waals surface area contributed by atoms with Gasteiger partial charge in [0.25, 0.3) is 0 Å². The fourth-order valence-corrected chi connectivity index (χ4v) is 2.17. The normalized spacial score (nSPS) is 12.4. The van der Waals surface area contributed by atoms with E-state index in [2.05, 4.69) is 18.0 Å². The molecular weight excluding hydrogens is 244 g/mol. The van der Waals surface area contributed by atoms with Gasteiger partial charge in [-0.2, -0.15) is 0 Å². The zero-order valence-electron chi connectivity index (χ0n) is 10.4. The molecule has 0 bridgehead atoms. The number of halogens is 1. The van der Waals surface area contributed by atoms with Crippen LogP contribution in [0.5, 0.6) is 0 Å². The number of nitrogens with two attached hydrogens (primary N) is 1. The van der Waals surface area contributed by atoms with Crippen LogP contribution in [0.4, 0.5) is 0 Å². The Morgan fingerprint density at radius 2 is 2.00 bits per heavy atom. The first-order valence-electron chi connectivity index (χ1n) is 6.14. The Bertz CT molecular complexity index is 508. The molecule has 18 heavy (non-hydrogen) atoms. The Balaban J connectivity index is 2.11. The Morgan fingerprint density at radius 3 is 2.61 bits per heavy atom. The molecule has 0 aliphatic rings. The highest BCUT2D eigenvalue weighted by molar-refractivity contribution is 6.31. The monoisotopic (exact) mass is 260 g/mol. The number of nitrogens with zero attached hydrogens (tertiary/aromatic N) is 1. The lowest BCUT2D eigenvalue weighted by Gasteiger charge is -2.13. The predicted molar refractivity (Wildman–Crippen MR) is 75.7 cm³/mol. The second kappa shape index (κ2) is 5.98. The van der Waals surface area contributed by atoms with Crippen molar-refractivity contribution >= 4 is 11.6 Å². The number of pyridine rings is 1. The SMILES string of the molecule is CCc1ccc(CC(N)c2ccccc2Cl)nc1. The molecule has 0 saturated heterocycles. The van der Waals surface area contributed by atoms with Gasteiger partial charge in [-0.05, 0) is 29.7 Å². The number of rotatable bonds is 4. The van der Waals surface area contributed by atoms with Crippen molar-refractivity contribution in [2.24, 2.45) is 5.73 Å². The molecule has 1 aromatic carbocycles. The van der Waals surface area contributed by atoms with Gasteiger partial charge in [0, 0.05) is 29.4 Å². The number of hydrogen-bond donors (Lipinski definition) is 1. The van der Waals surface area contributed by atoms with Crippen molar-refractivity contribution in [3.05, 3.63) is 64.4 Å². The third-order valence-corrected chi connectivity index (χ3v) is 3.37. The van der Waals surface area contributed by atoms with Crippen LogP contribution in [0.1, 0.15) is 29.8 Å². The molecular formula is C15H17ClN2. The summed E-state index contributed by atoms with van der Waals surface area (Å²) in [6.07, 6.45) is 3.62. The average molecular weight is 261 g/mol. The van der Waals surface area contributed by atoms with Crippen LogP contribution in [0.3, 0.4) is 0 Å². The van der Waals surface area contributed by atoms with Crippen LogP contribution in [0, 0.1) is 0 Å². The van der Waals surface area contributed by atoms with E-state index in [4.69, 9.17) is 17.3 Å². The van der Waals surface area contributed by atoms with Gasteiger partial charge >= 0.3 is 0 Å². The third kappa shape index (κ3) is 3.09. The summed E-state index contributed by atoms with van der Waals surface area (Å²) < 4.78 is 0. The van der Waals surface area contributed by atoms with Gasteiger partial charge in [0.1, 0.15) is 0 Å². The van der Waals surface area contributed by atoms with Crippen LogP contribution < -0.4 is 5.73 Å².